The summed E-state index contributed by atoms with van der Waals surface area (Å²) in [5.74, 6) is -2.90. The molecule has 1 fully saturated rings. The van der Waals surface area contributed by atoms with Crippen molar-refractivity contribution in [2.75, 3.05) is 0 Å². The number of carbonyl (C=O) groups is 2. The van der Waals surface area contributed by atoms with Gasteiger partial charge in [0.15, 0.2) is 0 Å². The van der Waals surface area contributed by atoms with Gasteiger partial charge in [-0.05, 0) is 30.7 Å². The molecule has 1 heterocycles. The van der Waals surface area contributed by atoms with Crippen molar-refractivity contribution >= 4 is 11.9 Å². The van der Waals surface area contributed by atoms with Crippen LogP contribution in [0.1, 0.15) is 18.1 Å². The molecule has 2 aromatic rings. The maximum absolute atomic E-state index is 14.0. The topological polar surface area (TPSA) is 49.4 Å². The van der Waals surface area contributed by atoms with Crippen LogP contribution >= 0.6 is 0 Å². The van der Waals surface area contributed by atoms with E-state index in [1.165, 1.54) is 25.1 Å². The third-order valence-corrected chi connectivity index (χ3v) is 3.97. The van der Waals surface area contributed by atoms with Crippen LogP contribution < -0.4 is 5.32 Å². The number of amides is 3. The van der Waals surface area contributed by atoms with Crippen molar-refractivity contribution in [1.82, 2.24) is 10.2 Å². The molecule has 2 aromatic carbocycles. The van der Waals surface area contributed by atoms with Gasteiger partial charge in [-0.15, -0.1) is 0 Å². The fourth-order valence-electron chi connectivity index (χ4n) is 2.74. The van der Waals surface area contributed by atoms with Crippen LogP contribution in [0.4, 0.5) is 18.0 Å². The van der Waals surface area contributed by atoms with Crippen LogP contribution in [0.25, 0.3) is 0 Å². The normalized spacial score (nSPS) is 20.4. The van der Waals surface area contributed by atoms with E-state index in [0.29, 0.717) is 11.6 Å². The molecule has 0 aromatic heterocycles. The Kier molecular flexibility index (Phi) is 3.79. The Morgan fingerprint density at radius 3 is 2.42 bits per heavy atom. The highest BCUT2D eigenvalue weighted by atomic mass is 19.1. The fraction of sp³-hybridized carbons (Fsp3) is 0.176. The minimum Gasteiger partial charge on any atom is -0.319 e. The van der Waals surface area contributed by atoms with Gasteiger partial charge in [-0.3, -0.25) is 9.69 Å². The lowest BCUT2D eigenvalue weighted by Gasteiger charge is -2.22. The van der Waals surface area contributed by atoms with E-state index < -0.39 is 34.9 Å². The molecule has 1 aliphatic heterocycles. The number of nitrogens with zero attached hydrogens (tertiary/aromatic N) is 1. The molecule has 1 unspecified atom stereocenters. The predicted octanol–water partition coefficient (Wildman–Crippen LogP) is 3.07. The molecule has 1 saturated heterocycles. The molecule has 24 heavy (non-hydrogen) atoms. The number of urea groups is 1. The average molecular weight is 334 g/mol. The van der Waals surface area contributed by atoms with E-state index in [4.69, 9.17) is 0 Å². The lowest BCUT2D eigenvalue weighted by Crippen LogP contribution is -2.41. The summed E-state index contributed by atoms with van der Waals surface area (Å²) in [7, 11) is 0. The third-order valence-electron chi connectivity index (χ3n) is 3.97. The second-order valence-corrected chi connectivity index (χ2v) is 5.70. The van der Waals surface area contributed by atoms with Gasteiger partial charge in [0.2, 0.25) is 0 Å². The minimum atomic E-state index is -1.65. The SMILES string of the molecule is CC1(c2ccc(F)cc2F)NC(=O)N(Cc2cccc(F)c2)C1=O. The maximum atomic E-state index is 14.0. The second kappa shape index (κ2) is 5.67. The molecule has 1 aliphatic rings. The van der Waals surface area contributed by atoms with Crippen molar-refractivity contribution in [3.63, 3.8) is 0 Å². The van der Waals surface area contributed by atoms with Crippen molar-refractivity contribution < 1.29 is 22.8 Å². The van der Waals surface area contributed by atoms with E-state index in [1.807, 2.05) is 0 Å². The summed E-state index contributed by atoms with van der Waals surface area (Å²) in [4.78, 5) is 25.7. The van der Waals surface area contributed by atoms with Crippen molar-refractivity contribution in [2.24, 2.45) is 0 Å². The van der Waals surface area contributed by atoms with E-state index in [0.717, 1.165) is 17.0 Å². The number of carbonyl (C=O) groups excluding carboxylic acids is 2. The first-order chi connectivity index (χ1) is 11.3. The van der Waals surface area contributed by atoms with E-state index in [1.54, 1.807) is 6.07 Å². The lowest BCUT2D eigenvalue weighted by molar-refractivity contribution is -0.131. The molecule has 0 saturated carbocycles. The number of benzene rings is 2. The number of nitrogens with one attached hydrogen (secondary N) is 1. The molecule has 4 nitrogen and oxygen atoms in total. The number of hydrogen-bond donors (Lipinski definition) is 1. The van der Waals surface area contributed by atoms with Crippen LogP contribution in [0, 0.1) is 17.5 Å². The molecule has 0 aliphatic carbocycles. The molecular formula is C17H13F3N2O2. The summed E-state index contributed by atoms with van der Waals surface area (Å²) in [6, 6.07) is 7.53. The van der Waals surface area contributed by atoms with Gasteiger partial charge < -0.3 is 5.32 Å². The zero-order chi connectivity index (χ0) is 17.5. The van der Waals surface area contributed by atoms with E-state index >= 15 is 0 Å². The van der Waals surface area contributed by atoms with E-state index in [2.05, 4.69) is 5.32 Å². The van der Waals surface area contributed by atoms with Gasteiger partial charge in [-0.25, -0.2) is 18.0 Å². The molecule has 3 rings (SSSR count). The number of halogens is 3. The highest BCUT2D eigenvalue weighted by Crippen LogP contribution is 2.31. The highest BCUT2D eigenvalue weighted by molar-refractivity contribution is 6.07. The van der Waals surface area contributed by atoms with Gasteiger partial charge >= 0.3 is 6.03 Å². The van der Waals surface area contributed by atoms with Crippen molar-refractivity contribution in [1.29, 1.82) is 0 Å². The molecular weight excluding hydrogens is 321 g/mol. The van der Waals surface area contributed by atoms with Gasteiger partial charge in [0, 0.05) is 11.6 Å². The van der Waals surface area contributed by atoms with Crippen LogP contribution in [-0.2, 0) is 16.9 Å². The zero-order valence-electron chi connectivity index (χ0n) is 12.6. The van der Waals surface area contributed by atoms with Gasteiger partial charge in [-0.1, -0.05) is 18.2 Å². The van der Waals surface area contributed by atoms with Crippen molar-refractivity contribution in [3.8, 4) is 0 Å². The van der Waals surface area contributed by atoms with Crippen LogP contribution in [0.2, 0.25) is 0 Å². The third kappa shape index (κ3) is 2.62. The van der Waals surface area contributed by atoms with Crippen molar-refractivity contribution in [3.05, 3.63) is 71.0 Å². The average Bonchev–Trinajstić information content (AvgIpc) is 2.71. The largest absolute Gasteiger partial charge is 0.325 e. The standard InChI is InChI=1S/C17H13F3N2O2/c1-17(13-6-5-12(19)8-14(13)20)15(23)22(16(24)21-17)9-10-3-2-4-11(18)7-10/h2-8H,9H2,1H3,(H,21,24). The first kappa shape index (κ1) is 16.0. The second-order valence-electron chi connectivity index (χ2n) is 5.70. The van der Waals surface area contributed by atoms with Crippen LogP contribution in [0.5, 0.6) is 0 Å². The first-order valence-corrected chi connectivity index (χ1v) is 7.15. The van der Waals surface area contributed by atoms with Gasteiger partial charge in [0.05, 0.1) is 6.54 Å². The van der Waals surface area contributed by atoms with Crippen LogP contribution in [0.15, 0.2) is 42.5 Å². The number of rotatable bonds is 3. The summed E-state index contributed by atoms with van der Waals surface area (Å²) in [6.07, 6.45) is 0. The summed E-state index contributed by atoms with van der Waals surface area (Å²) in [5.41, 5.74) is -1.37. The number of hydrogen-bond acceptors (Lipinski definition) is 2. The summed E-state index contributed by atoms with van der Waals surface area (Å²) < 4.78 is 40.4. The molecule has 3 amide bonds. The molecule has 124 valence electrons. The summed E-state index contributed by atoms with van der Waals surface area (Å²) >= 11 is 0. The Morgan fingerprint density at radius 1 is 1.04 bits per heavy atom. The zero-order valence-corrected chi connectivity index (χ0v) is 12.6. The lowest BCUT2D eigenvalue weighted by atomic mass is 9.91. The van der Waals surface area contributed by atoms with Gasteiger partial charge in [0.1, 0.15) is 23.0 Å². The Morgan fingerprint density at radius 2 is 1.75 bits per heavy atom. The molecule has 1 atom stereocenters. The fourth-order valence-corrected chi connectivity index (χ4v) is 2.74. The quantitative estimate of drug-likeness (QED) is 0.877. The molecule has 0 bridgehead atoms. The van der Waals surface area contributed by atoms with Gasteiger partial charge in [0.25, 0.3) is 5.91 Å². The van der Waals surface area contributed by atoms with Gasteiger partial charge in [-0.2, -0.15) is 0 Å². The monoisotopic (exact) mass is 334 g/mol. The summed E-state index contributed by atoms with van der Waals surface area (Å²) in [6.45, 7) is 1.19. The molecule has 0 radical (unpaired) electrons. The molecule has 0 spiro atoms. The van der Waals surface area contributed by atoms with Crippen LogP contribution in [-0.4, -0.2) is 16.8 Å². The molecule has 1 N–H and O–H groups in total. The molecule has 7 heteroatoms. The Labute approximate surface area is 135 Å². The van der Waals surface area contributed by atoms with E-state index in [-0.39, 0.29) is 12.1 Å². The highest BCUT2D eigenvalue weighted by Gasteiger charge is 2.50. The summed E-state index contributed by atoms with van der Waals surface area (Å²) in [5, 5.41) is 2.42. The Bertz CT molecular complexity index is 840. The van der Waals surface area contributed by atoms with Crippen LogP contribution in [0.3, 0.4) is 0 Å². The minimum absolute atomic E-state index is 0.135. The first-order valence-electron chi connectivity index (χ1n) is 7.15. The van der Waals surface area contributed by atoms with Crippen molar-refractivity contribution in [2.45, 2.75) is 19.0 Å². The smallest absolute Gasteiger partial charge is 0.319 e. The Balaban J connectivity index is 1.93. The Hall–Kier alpha value is -2.83. The maximum Gasteiger partial charge on any atom is 0.325 e. The number of imide groups is 1. The predicted molar refractivity (Wildman–Crippen MR) is 79.2 cm³/mol. The van der Waals surface area contributed by atoms with E-state index in [9.17, 15) is 22.8 Å².